The Labute approximate surface area is 107 Å². The lowest BCUT2D eigenvalue weighted by Crippen LogP contribution is -2.31. The van der Waals surface area contributed by atoms with Crippen LogP contribution in [0, 0.1) is 5.92 Å². The molecule has 0 aromatic carbocycles. The van der Waals surface area contributed by atoms with E-state index in [-0.39, 0.29) is 11.9 Å². The first kappa shape index (κ1) is 16.4. The van der Waals surface area contributed by atoms with Crippen LogP contribution in [0.2, 0.25) is 0 Å². The summed E-state index contributed by atoms with van der Waals surface area (Å²) in [5.74, 6) is 0.909. The van der Waals surface area contributed by atoms with E-state index in [1.807, 2.05) is 6.92 Å². The molecule has 0 aliphatic heterocycles. The summed E-state index contributed by atoms with van der Waals surface area (Å²) in [6, 6.07) is 0.0149. The Bertz CT molecular complexity index is 193. The van der Waals surface area contributed by atoms with Crippen LogP contribution in [0.15, 0.2) is 0 Å². The average Bonchev–Trinajstić information content (AvgIpc) is 2.27. The van der Waals surface area contributed by atoms with Crippen molar-refractivity contribution in [2.24, 2.45) is 11.7 Å². The van der Waals surface area contributed by atoms with Gasteiger partial charge in [0, 0.05) is 19.0 Å². The monoisotopic (exact) mass is 242 g/mol. The minimum Gasteiger partial charge on any atom is -0.356 e. The predicted octanol–water partition coefficient (Wildman–Crippen LogP) is 2.84. The van der Waals surface area contributed by atoms with Gasteiger partial charge in [-0.1, -0.05) is 46.5 Å². The van der Waals surface area contributed by atoms with Crippen LogP contribution < -0.4 is 11.1 Å². The topological polar surface area (TPSA) is 55.1 Å². The van der Waals surface area contributed by atoms with Gasteiger partial charge in [0.25, 0.3) is 0 Å². The largest absolute Gasteiger partial charge is 0.356 e. The van der Waals surface area contributed by atoms with Gasteiger partial charge in [0.15, 0.2) is 0 Å². The highest BCUT2D eigenvalue weighted by molar-refractivity contribution is 5.76. The van der Waals surface area contributed by atoms with E-state index in [9.17, 15) is 4.79 Å². The Hall–Kier alpha value is -0.570. The molecule has 3 N–H and O–H groups in total. The van der Waals surface area contributed by atoms with Crippen molar-refractivity contribution in [3.8, 4) is 0 Å². The van der Waals surface area contributed by atoms with Crippen LogP contribution in [0.5, 0.6) is 0 Å². The Morgan fingerprint density at radius 3 is 2.41 bits per heavy atom. The van der Waals surface area contributed by atoms with Crippen LogP contribution in [0.3, 0.4) is 0 Å². The standard InChI is InChI=1S/C14H30N2O/c1-4-13(15)11-14(17)16-10-8-6-5-7-9-12(2)3/h12-13H,4-11,15H2,1-3H3,(H,16,17). The van der Waals surface area contributed by atoms with Gasteiger partial charge >= 0.3 is 0 Å². The quantitative estimate of drug-likeness (QED) is 0.579. The molecule has 0 aliphatic rings. The highest BCUT2D eigenvalue weighted by atomic mass is 16.1. The predicted molar refractivity (Wildman–Crippen MR) is 73.8 cm³/mol. The molecule has 0 bridgehead atoms. The van der Waals surface area contributed by atoms with Gasteiger partial charge in [-0.2, -0.15) is 0 Å². The molecule has 1 atom stereocenters. The summed E-state index contributed by atoms with van der Waals surface area (Å²) in [6.45, 7) is 7.33. The molecule has 3 nitrogen and oxygen atoms in total. The first-order valence-corrected chi connectivity index (χ1v) is 7.08. The van der Waals surface area contributed by atoms with E-state index < -0.39 is 0 Å². The lowest BCUT2D eigenvalue weighted by molar-refractivity contribution is -0.121. The fourth-order valence-corrected chi connectivity index (χ4v) is 1.71. The molecule has 0 saturated carbocycles. The smallest absolute Gasteiger partial charge is 0.221 e. The van der Waals surface area contributed by atoms with Crippen molar-refractivity contribution in [3.63, 3.8) is 0 Å². The molecule has 1 amide bonds. The van der Waals surface area contributed by atoms with Crippen molar-refractivity contribution in [3.05, 3.63) is 0 Å². The van der Waals surface area contributed by atoms with Gasteiger partial charge < -0.3 is 11.1 Å². The van der Waals surface area contributed by atoms with Crippen LogP contribution >= 0.6 is 0 Å². The van der Waals surface area contributed by atoms with Gasteiger partial charge in [0.2, 0.25) is 5.91 Å². The number of nitrogens with two attached hydrogens (primary N) is 1. The van der Waals surface area contributed by atoms with Crippen molar-refractivity contribution in [1.29, 1.82) is 0 Å². The van der Waals surface area contributed by atoms with Gasteiger partial charge in [-0.25, -0.2) is 0 Å². The SMILES string of the molecule is CCC(N)CC(=O)NCCCCCCC(C)C. The van der Waals surface area contributed by atoms with Gasteiger partial charge in [0.05, 0.1) is 0 Å². The number of hydrogen-bond donors (Lipinski definition) is 2. The molecular weight excluding hydrogens is 212 g/mol. The molecular formula is C14H30N2O. The summed E-state index contributed by atoms with van der Waals surface area (Å²) < 4.78 is 0. The van der Waals surface area contributed by atoms with E-state index in [4.69, 9.17) is 5.73 Å². The maximum atomic E-state index is 11.4. The van der Waals surface area contributed by atoms with Crippen molar-refractivity contribution in [1.82, 2.24) is 5.32 Å². The zero-order chi connectivity index (χ0) is 13.1. The van der Waals surface area contributed by atoms with Crippen molar-refractivity contribution >= 4 is 5.91 Å². The van der Waals surface area contributed by atoms with E-state index >= 15 is 0 Å². The minimum atomic E-state index is 0.0149. The average molecular weight is 242 g/mol. The van der Waals surface area contributed by atoms with Gasteiger partial charge in [-0.3, -0.25) is 4.79 Å². The molecule has 3 heteroatoms. The third kappa shape index (κ3) is 11.7. The normalized spacial score (nSPS) is 12.8. The molecule has 102 valence electrons. The summed E-state index contributed by atoms with van der Waals surface area (Å²) in [6.07, 6.45) is 7.54. The van der Waals surface area contributed by atoms with E-state index in [0.717, 1.165) is 25.3 Å². The van der Waals surface area contributed by atoms with Crippen molar-refractivity contribution in [2.75, 3.05) is 6.54 Å². The second-order valence-corrected chi connectivity index (χ2v) is 5.32. The van der Waals surface area contributed by atoms with E-state index in [0.29, 0.717) is 6.42 Å². The van der Waals surface area contributed by atoms with Crippen LogP contribution in [0.25, 0.3) is 0 Å². The molecule has 0 spiro atoms. The number of carbonyl (C=O) groups excluding carboxylic acids is 1. The molecule has 0 aromatic rings. The first-order valence-electron chi connectivity index (χ1n) is 7.08. The van der Waals surface area contributed by atoms with Crippen molar-refractivity contribution < 1.29 is 4.79 Å². The number of rotatable bonds is 10. The lowest BCUT2D eigenvalue weighted by atomic mass is 10.0. The number of nitrogens with one attached hydrogen (secondary N) is 1. The molecule has 0 aliphatic carbocycles. The molecule has 1 unspecified atom stereocenters. The van der Waals surface area contributed by atoms with Crippen molar-refractivity contribution in [2.45, 2.75) is 71.8 Å². The summed E-state index contributed by atoms with van der Waals surface area (Å²) >= 11 is 0. The van der Waals surface area contributed by atoms with Gasteiger partial charge in [-0.05, 0) is 18.8 Å². The lowest BCUT2D eigenvalue weighted by Gasteiger charge is -2.09. The molecule has 0 rings (SSSR count). The van der Waals surface area contributed by atoms with Gasteiger partial charge in [-0.15, -0.1) is 0 Å². The first-order chi connectivity index (χ1) is 8.06. The number of amides is 1. The Balaban J connectivity index is 3.25. The number of unbranched alkanes of at least 4 members (excludes halogenated alkanes) is 3. The number of hydrogen-bond acceptors (Lipinski definition) is 2. The molecule has 0 aromatic heterocycles. The zero-order valence-corrected chi connectivity index (χ0v) is 11.8. The second-order valence-electron chi connectivity index (χ2n) is 5.32. The Kier molecular flexibility index (Phi) is 10.2. The van der Waals surface area contributed by atoms with Crippen LogP contribution in [-0.2, 0) is 4.79 Å². The Morgan fingerprint density at radius 2 is 1.82 bits per heavy atom. The van der Waals surface area contributed by atoms with Gasteiger partial charge in [0.1, 0.15) is 0 Å². The third-order valence-corrected chi connectivity index (χ3v) is 3.00. The second kappa shape index (κ2) is 10.6. The summed E-state index contributed by atoms with van der Waals surface area (Å²) in [7, 11) is 0. The summed E-state index contributed by atoms with van der Waals surface area (Å²) in [5, 5.41) is 2.93. The minimum absolute atomic E-state index is 0.0149. The van der Waals surface area contributed by atoms with Crippen LogP contribution in [0.1, 0.15) is 65.7 Å². The number of carbonyl (C=O) groups is 1. The highest BCUT2D eigenvalue weighted by Crippen LogP contribution is 2.08. The highest BCUT2D eigenvalue weighted by Gasteiger charge is 2.06. The molecule has 0 saturated heterocycles. The fraction of sp³-hybridized carbons (Fsp3) is 0.929. The maximum Gasteiger partial charge on any atom is 0.221 e. The van der Waals surface area contributed by atoms with E-state index in [1.54, 1.807) is 0 Å². The molecule has 0 radical (unpaired) electrons. The third-order valence-electron chi connectivity index (χ3n) is 3.00. The van der Waals surface area contributed by atoms with Crippen LogP contribution in [0.4, 0.5) is 0 Å². The van der Waals surface area contributed by atoms with Crippen LogP contribution in [-0.4, -0.2) is 18.5 Å². The molecule has 0 heterocycles. The summed E-state index contributed by atoms with van der Waals surface area (Å²) in [4.78, 5) is 11.4. The maximum absolute atomic E-state index is 11.4. The fourth-order valence-electron chi connectivity index (χ4n) is 1.71. The molecule has 0 fully saturated rings. The van der Waals surface area contributed by atoms with E-state index in [2.05, 4.69) is 19.2 Å². The zero-order valence-electron chi connectivity index (χ0n) is 11.8. The Morgan fingerprint density at radius 1 is 1.18 bits per heavy atom. The summed E-state index contributed by atoms with van der Waals surface area (Å²) in [5.41, 5.74) is 5.71. The molecule has 17 heavy (non-hydrogen) atoms. The van der Waals surface area contributed by atoms with E-state index in [1.165, 1.54) is 25.7 Å².